The molecule has 2 heterocycles. The van der Waals surface area contributed by atoms with E-state index in [0.717, 1.165) is 25.6 Å². The average molecular weight is 209 g/mol. The monoisotopic (exact) mass is 209 g/mol. The number of ether oxygens (including phenoxy) is 1. The van der Waals surface area contributed by atoms with Crippen LogP contribution in [0.2, 0.25) is 0 Å². The average Bonchev–Trinajstić information content (AvgIpc) is 2.58. The summed E-state index contributed by atoms with van der Waals surface area (Å²) in [7, 11) is 2.02. The van der Waals surface area contributed by atoms with Crippen molar-refractivity contribution < 1.29 is 4.74 Å². The molecule has 2 rings (SSSR count). The Labute approximate surface area is 90.6 Å². The third kappa shape index (κ3) is 2.21. The second-order valence-electron chi connectivity index (χ2n) is 4.80. The van der Waals surface area contributed by atoms with E-state index in [2.05, 4.69) is 28.7 Å². The van der Waals surface area contributed by atoms with Crippen molar-refractivity contribution in [3.05, 3.63) is 18.2 Å². The van der Waals surface area contributed by atoms with Gasteiger partial charge in [0.25, 0.3) is 0 Å². The van der Waals surface area contributed by atoms with Crippen LogP contribution in [0.4, 0.5) is 0 Å². The molecule has 1 atom stereocenters. The first kappa shape index (κ1) is 10.6. The molecule has 84 valence electrons. The molecular formula is C11H19N3O. The van der Waals surface area contributed by atoms with Gasteiger partial charge in [-0.15, -0.1) is 0 Å². The van der Waals surface area contributed by atoms with Crippen LogP contribution in [-0.2, 0) is 11.8 Å². The molecule has 1 aliphatic rings. The molecule has 1 unspecified atom stereocenters. The number of rotatable bonds is 4. The van der Waals surface area contributed by atoms with Gasteiger partial charge in [0, 0.05) is 31.4 Å². The van der Waals surface area contributed by atoms with E-state index in [9.17, 15) is 0 Å². The molecule has 0 bridgehead atoms. The molecular weight excluding hydrogens is 190 g/mol. The highest BCUT2D eigenvalue weighted by Gasteiger charge is 2.33. The van der Waals surface area contributed by atoms with Crippen LogP contribution in [0.5, 0.6) is 0 Å². The molecule has 1 fully saturated rings. The molecule has 4 heteroatoms. The van der Waals surface area contributed by atoms with Gasteiger partial charge in [0.15, 0.2) is 0 Å². The van der Waals surface area contributed by atoms with Gasteiger partial charge in [0.2, 0.25) is 0 Å². The van der Waals surface area contributed by atoms with Crippen LogP contribution in [0.1, 0.15) is 25.7 Å². The van der Waals surface area contributed by atoms with E-state index in [4.69, 9.17) is 4.74 Å². The van der Waals surface area contributed by atoms with Gasteiger partial charge in [0.1, 0.15) is 5.82 Å². The predicted octanol–water partition coefficient (Wildman–Crippen LogP) is 1.11. The van der Waals surface area contributed by atoms with Crippen LogP contribution in [-0.4, -0.2) is 29.3 Å². The van der Waals surface area contributed by atoms with Crippen LogP contribution in [0.3, 0.4) is 0 Å². The van der Waals surface area contributed by atoms with Gasteiger partial charge >= 0.3 is 0 Å². The second kappa shape index (κ2) is 3.94. The van der Waals surface area contributed by atoms with Crippen molar-refractivity contribution in [1.29, 1.82) is 0 Å². The van der Waals surface area contributed by atoms with Gasteiger partial charge in [0.05, 0.1) is 19.3 Å². The number of aryl methyl sites for hydroxylation is 1. The number of imidazole rings is 1. The Kier molecular flexibility index (Phi) is 2.80. The van der Waals surface area contributed by atoms with Crippen LogP contribution in [0.15, 0.2) is 12.4 Å². The topological polar surface area (TPSA) is 39.1 Å². The van der Waals surface area contributed by atoms with Crippen LogP contribution < -0.4 is 5.32 Å². The minimum absolute atomic E-state index is 0.294. The first-order valence-corrected chi connectivity index (χ1v) is 5.39. The fraction of sp³-hybridized carbons (Fsp3) is 0.727. The van der Waals surface area contributed by atoms with Gasteiger partial charge in [-0.05, 0) is 6.92 Å². The summed E-state index contributed by atoms with van der Waals surface area (Å²) in [6.07, 6.45) is 3.81. The summed E-state index contributed by atoms with van der Waals surface area (Å²) in [5.74, 6) is 1.08. The van der Waals surface area contributed by atoms with Gasteiger partial charge in [-0.1, -0.05) is 6.92 Å². The third-order valence-electron chi connectivity index (χ3n) is 2.98. The number of nitrogens with one attached hydrogen (secondary N) is 1. The summed E-state index contributed by atoms with van der Waals surface area (Å²) in [6.45, 7) is 7.11. The molecule has 0 radical (unpaired) electrons. The molecule has 4 nitrogen and oxygen atoms in total. The number of nitrogens with zero attached hydrogens (tertiary/aromatic N) is 2. The number of aromatic nitrogens is 2. The molecule has 1 N–H and O–H groups in total. The maximum atomic E-state index is 5.22. The van der Waals surface area contributed by atoms with Crippen LogP contribution in [0, 0.1) is 5.41 Å². The molecule has 0 spiro atoms. The lowest BCUT2D eigenvalue weighted by Crippen LogP contribution is -2.47. The van der Waals surface area contributed by atoms with Crippen molar-refractivity contribution in [3.63, 3.8) is 0 Å². The summed E-state index contributed by atoms with van der Waals surface area (Å²) in [5, 5.41) is 3.50. The maximum Gasteiger partial charge on any atom is 0.125 e. The summed E-state index contributed by atoms with van der Waals surface area (Å²) in [6, 6.07) is 0.294. The Morgan fingerprint density at radius 1 is 1.67 bits per heavy atom. The Hall–Kier alpha value is -0.870. The van der Waals surface area contributed by atoms with Gasteiger partial charge in [-0.3, -0.25) is 0 Å². The van der Waals surface area contributed by atoms with Gasteiger partial charge in [-0.25, -0.2) is 4.98 Å². The predicted molar refractivity (Wildman–Crippen MR) is 58.6 cm³/mol. The normalized spacial score (nSPS) is 21.0. The molecule has 0 aliphatic carbocycles. The molecule has 1 saturated heterocycles. The number of hydrogen-bond donors (Lipinski definition) is 1. The standard InChI is InChI=1S/C11H19N3O/c1-9(10-12-4-5-14(10)3)13-6-11(2)7-15-8-11/h4-5,9,13H,6-8H2,1-3H3. The smallest absolute Gasteiger partial charge is 0.125 e. The highest BCUT2D eigenvalue weighted by atomic mass is 16.5. The molecule has 15 heavy (non-hydrogen) atoms. The Bertz CT molecular complexity index is 330. The first-order valence-electron chi connectivity index (χ1n) is 5.39. The van der Waals surface area contributed by atoms with Crippen molar-refractivity contribution in [1.82, 2.24) is 14.9 Å². The summed E-state index contributed by atoms with van der Waals surface area (Å²) < 4.78 is 7.28. The lowest BCUT2D eigenvalue weighted by molar-refractivity contribution is -0.1000. The quantitative estimate of drug-likeness (QED) is 0.807. The second-order valence-corrected chi connectivity index (χ2v) is 4.80. The van der Waals surface area contributed by atoms with E-state index < -0.39 is 0 Å². The highest BCUT2D eigenvalue weighted by molar-refractivity contribution is 4.98. The molecule has 0 saturated carbocycles. The van der Waals surface area contributed by atoms with Crippen molar-refractivity contribution in [2.75, 3.05) is 19.8 Å². The molecule has 0 amide bonds. The maximum absolute atomic E-state index is 5.22. The first-order chi connectivity index (χ1) is 7.11. The fourth-order valence-corrected chi connectivity index (χ4v) is 1.84. The number of hydrogen-bond acceptors (Lipinski definition) is 3. The van der Waals surface area contributed by atoms with Gasteiger partial charge in [-0.2, -0.15) is 0 Å². The molecule has 1 aromatic heterocycles. The third-order valence-corrected chi connectivity index (χ3v) is 2.98. The van der Waals surface area contributed by atoms with E-state index in [1.165, 1.54) is 0 Å². The van der Waals surface area contributed by atoms with E-state index >= 15 is 0 Å². The van der Waals surface area contributed by atoms with Gasteiger partial charge < -0.3 is 14.6 Å². The zero-order valence-electron chi connectivity index (χ0n) is 9.66. The largest absolute Gasteiger partial charge is 0.380 e. The summed E-state index contributed by atoms with van der Waals surface area (Å²) >= 11 is 0. The van der Waals surface area contributed by atoms with Crippen molar-refractivity contribution in [2.24, 2.45) is 12.5 Å². The summed E-state index contributed by atoms with van der Waals surface area (Å²) in [4.78, 5) is 4.33. The zero-order chi connectivity index (χ0) is 10.9. The molecule has 1 aromatic rings. The molecule has 0 aromatic carbocycles. The van der Waals surface area contributed by atoms with E-state index in [-0.39, 0.29) is 0 Å². The van der Waals surface area contributed by atoms with E-state index in [1.54, 1.807) is 0 Å². The minimum Gasteiger partial charge on any atom is -0.380 e. The minimum atomic E-state index is 0.294. The van der Waals surface area contributed by atoms with E-state index in [0.29, 0.717) is 11.5 Å². The lowest BCUT2D eigenvalue weighted by Gasteiger charge is -2.38. The fourth-order valence-electron chi connectivity index (χ4n) is 1.84. The van der Waals surface area contributed by atoms with E-state index in [1.807, 2.05) is 19.4 Å². The van der Waals surface area contributed by atoms with Crippen molar-refractivity contribution in [3.8, 4) is 0 Å². The van der Waals surface area contributed by atoms with Crippen molar-refractivity contribution >= 4 is 0 Å². The Morgan fingerprint density at radius 2 is 2.40 bits per heavy atom. The lowest BCUT2D eigenvalue weighted by atomic mass is 9.88. The zero-order valence-corrected chi connectivity index (χ0v) is 9.66. The SMILES string of the molecule is CC(NCC1(C)COC1)c1nccn1C. The molecule has 1 aliphatic heterocycles. The summed E-state index contributed by atoms with van der Waals surface area (Å²) in [5.41, 5.74) is 0.319. The Morgan fingerprint density at radius 3 is 2.87 bits per heavy atom. The van der Waals surface area contributed by atoms with Crippen LogP contribution >= 0.6 is 0 Å². The van der Waals surface area contributed by atoms with Crippen LogP contribution in [0.25, 0.3) is 0 Å². The Balaban J connectivity index is 1.87. The van der Waals surface area contributed by atoms with Crippen molar-refractivity contribution in [2.45, 2.75) is 19.9 Å². The highest BCUT2D eigenvalue weighted by Crippen LogP contribution is 2.26.